The third-order valence-electron chi connectivity index (χ3n) is 6.42. The summed E-state index contributed by atoms with van der Waals surface area (Å²) in [6, 6.07) is 22.6. The largest absolute Gasteiger partial charge is 0.348 e. The fourth-order valence-electron chi connectivity index (χ4n) is 4.36. The van der Waals surface area contributed by atoms with Gasteiger partial charge in [0.25, 0.3) is 15.9 Å². The van der Waals surface area contributed by atoms with Crippen LogP contribution in [0.5, 0.6) is 0 Å². The molecule has 4 rings (SSSR count). The summed E-state index contributed by atoms with van der Waals surface area (Å²) in [5.41, 5.74) is 3.75. The first-order valence-corrected chi connectivity index (χ1v) is 13.0. The molecule has 0 saturated carbocycles. The highest BCUT2D eigenvalue weighted by molar-refractivity contribution is 7.92. The van der Waals surface area contributed by atoms with E-state index < -0.39 is 10.0 Å². The van der Waals surface area contributed by atoms with Crippen molar-refractivity contribution in [3.63, 3.8) is 0 Å². The summed E-state index contributed by atoms with van der Waals surface area (Å²) in [5, 5.41) is 3.12. The van der Waals surface area contributed by atoms with Crippen molar-refractivity contribution in [1.82, 2.24) is 10.2 Å². The van der Waals surface area contributed by atoms with Gasteiger partial charge in [-0.15, -0.1) is 0 Å². The normalized spacial score (nSPS) is 17.3. The molecule has 1 amide bonds. The molecule has 0 radical (unpaired) electrons. The molecule has 34 heavy (non-hydrogen) atoms. The minimum Gasteiger partial charge on any atom is -0.348 e. The molecule has 1 heterocycles. The number of sulfonamides is 1. The number of likely N-dealkylation sites (tertiary alicyclic amines) is 1. The van der Waals surface area contributed by atoms with E-state index in [-0.39, 0.29) is 16.8 Å². The maximum absolute atomic E-state index is 12.8. The van der Waals surface area contributed by atoms with Crippen molar-refractivity contribution in [3.05, 3.63) is 95.1 Å². The Labute approximate surface area is 202 Å². The molecular weight excluding hydrogens is 446 g/mol. The summed E-state index contributed by atoms with van der Waals surface area (Å²) in [4.78, 5) is 15.4. The Kier molecular flexibility index (Phi) is 7.05. The van der Waals surface area contributed by atoms with Crippen LogP contribution < -0.4 is 10.0 Å². The van der Waals surface area contributed by atoms with Crippen LogP contribution in [-0.2, 0) is 10.0 Å². The number of anilines is 1. The first-order chi connectivity index (χ1) is 16.2. The zero-order valence-corrected chi connectivity index (χ0v) is 20.6. The number of benzene rings is 3. The molecule has 3 aromatic rings. The van der Waals surface area contributed by atoms with E-state index in [2.05, 4.69) is 34.0 Å². The molecule has 7 heteroatoms. The van der Waals surface area contributed by atoms with E-state index in [1.54, 1.807) is 43.3 Å². The van der Waals surface area contributed by atoms with Crippen molar-refractivity contribution in [1.29, 1.82) is 0 Å². The standard InChI is InChI=1S/C27H31N3O3S/c1-19-9-10-20(2)26(17-19)34(32,33)29-24-13-11-23(12-14-24)27(31)28-25-15-16-30(18-25)21(3)22-7-5-4-6-8-22/h4-14,17,21,25,29H,15-16,18H2,1-3H3,(H,28,31). The Morgan fingerprint density at radius 1 is 1.00 bits per heavy atom. The van der Waals surface area contributed by atoms with E-state index in [0.717, 1.165) is 25.1 Å². The second-order valence-corrected chi connectivity index (χ2v) is 10.6. The molecule has 1 aliphatic heterocycles. The Balaban J connectivity index is 1.36. The third-order valence-corrected chi connectivity index (χ3v) is 7.94. The van der Waals surface area contributed by atoms with Gasteiger partial charge in [-0.2, -0.15) is 0 Å². The van der Waals surface area contributed by atoms with E-state index in [4.69, 9.17) is 0 Å². The van der Waals surface area contributed by atoms with Crippen molar-refractivity contribution in [3.8, 4) is 0 Å². The molecule has 2 N–H and O–H groups in total. The minimum absolute atomic E-state index is 0.0844. The lowest BCUT2D eigenvalue weighted by Gasteiger charge is -2.24. The predicted molar refractivity (Wildman–Crippen MR) is 135 cm³/mol. The van der Waals surface area contributed by atoms with Gasteiger partial charge in [0, 0.05) is 36.4 Å². The summed E-state index contributed by atoms with van der Waals surface area (Å²) >= 11 is 0. The number of carbonyl (C=O) groups excluding carboxylic acids is 1. The van der Waals surface area contributed by atoms with Gasteiger partial charge in [-0.1, -0.05) is 42.5 Å². The summed E-state index contributed by atoms with van der Waals surface area (Å²) in [6.45, 7) is 7.55. The zero-order valence-electron chi connectivity index (χ0n) is 19.8. The van der Waals surface area contributed by atoms with Gasteiger partial charge in [-0.25, -0.2) is 8.42 Å². The number of aryl methyl sites for hydroxylation is 2. The monoisotopic (exact) mass is 477 g/mol. The second-order valence-electron chi connectivity index (χ2n) is 8.99. The fourth-order valence-corrected chi connectivity index (χ4v) is 5.75. The first-order valence-electron chi connectivity index (χ1n) is 11.5. The van der Waals surface area contributed by atoms with Crippen molar-refractivity contribution < 1.29 is 13.2 Å². The van der Waals surface area contributed by atoms with Gasteiger partial charge < -0.3 is 5.32 Å². The number of nitrogens with one attached hydrogen (secondary N) is 2. The first kappa shape index (κ1) is 24.0. The van der Waals surface area contributed by atoms with Crippen LogP contribution in [0.3, 0.4) is 0 Å². The highest BCUT2D eigenvalue weighted by atomic mass is 32.2. The molecule has 1 saturated heterocycles. The SMILES string of the molecule is Cc1ccc(C)c(S(=O)(=O)Nc2ccc(C(=O)NC3CCN(C(C)c4ccccc4)C3)cc2)c1. The van der Waals surface area contributed by atoms with Crippen molar-refractivity contribution in [2.45, 2.75) is 44.2 Å². The number of amides is 1. The Bertz CT molecular complexity index is 1260. The summed E-state index contributed by atoms with van der Waals surface area (Å²) in [5.74, 6) is -0.150. The lowest BCUT2D eigenvalue weighted by atomic mass is 10.1. The average molecular weight is 478 g/mol. The van der Waals surface area contributed by atoms with Crippen molar-refractivity contribution >= 4 is 21.6 Å². The third kappa shape index (κ3) is 5.48. The smallest absolute Gasteiger partial charge is 0.262 e. The highest BCUT2D eigenvalue weighted by Crippen LogP contribution is 2.25. The van der Waals surface area contributed by atoms with Gasteiger partial charge in [0.05, 0.1) is 4.90 Å². The van der Waals surface area contributed by atoms with Crippen LogP contribution in [0.2, 0.25) is 0 Å². The Morgan fingerprint density at radius 3 is 2.41 bits per heavy atom. The van der Waals surface area contributed by atoms with Crippen LogP contribution in [0.15, 0.2) is 77.7 Å². The summed E-state index contributed by atoms with van der Waals surface area (Å²) < 4.78 is 28.2. The molecule has 6 nitrogen and oxygen atoms in total. The van der Waals surface area contributed by atoms with E-state index >= 15 is 0 Å². The molecule has 1 aliphatic rings. The van der Waals surface area contributed by atoms with Gasteiger partial charge >= 0.3 is 0 Å². The van der Waals surface area contributed by atoms with E-state index in [1.165, 1.54) is 5.56 Å². The molecular formula is C27H31N3O3S. The van der Waals surface area contributed by atoms with Crippen LogP contribution >= 0.6 is 0 Å². The molecule has 178 valence electrons. The van der Waals surface area contributed by atoms with Gasteiger partial charge in [-0.05, 0) is 74.2 Å². The van der Waals surface area contributed by atoms with Gasteiger partial charge in [-0.3, -0.25) is 14.4 Å². The molecule has 3 aromatic carbocycles. The van der Waals surface area contributed by atoms with E-state index in [1.807, 2.05) is 31.2 Å². The van der Waals surface area contributed by atoms with E-state index in [9.17, 15) is 13.2 Å². The molecule has 0 aliphatic carbocycles. The molecule has 0 aromatic heterocycles. The van der Waals surface area contributed by atoms with Gasteiger partial charge in [0.1, 0.15) is 0 Å². The number of rotatable bonds is 7. The molecule has 0 spiro atoms. The summed E-state index contributed by atoms with van der Waals surface area (Å²) in [6.07, 6.45) is 0.899. The molecule has 0 bridgehead atoms. The molecule has 2 unspecified atom stereocenters. The fraction of sp³-hybridized carbons (Fsp3) is 0.296. The lowest BCUT2D eigenvalue weighted by Crippen LogP contribution is -2.37. The Morgan fingerprint density at radius 2 is 1.71 bits per heavy atom. The number of nitrogens with zero attached hydrogens (tertiary/aromatic N) is 1. The van der Waals surface area contributed by atoms with Crippen LogP contribution in [-0.4, -0.2) is 38.4 Å². The minimum atomic E-state index is -3.71. The van der Waals surface area contributed by atoms with Gasteiger partial charge in [0.15, 0.2) is 0 Å². The van der Waals surface area contributed by atoms with Crippen LogP contribution in [0.1, 0.15) is 46.4 Å². The quantitative estimate of drug-likeness (QED) is 0.518. The topological polar surface area (TPSA) is 78.5 Å². The second kappa shape index (κ2) is 9.99. The maximum Gasteiger partial charge on any atom is 0.262 e. The zero-order chi connectivity index (χ0) is 24.3. The van der Waals surface area contributed by atoms with Crippen molar-refractivity contribution in [2.24, 2.45) is 0 Å². The van der Waals surface area contributed by atoms with Crippen LogP contribution in [0.4, 0.5) is 5.69 Å². The van der Waals surface area contributed by atoms with Gasteiger partial charge in [0.2, 0.25) is 0 Å². The van der Waals surface area contributed by atoms with Crippen molar-refractivity contribution in [2.75, 3.05) is 17.8 Å². The van der Waals surface area contributed by atoms with Crippen LogP contribution in [0.25, 0.3) is 0 Å². The molecule has 1 fully saturated rings. The summed E-state index contributed by atoms with van der Waals surface area (Å²) in [7, 11) is -3.71. The highest BCUT2D eigenvalue weighted by Gasteiger charge is 2.28. The molecule has 2 atom stereocenters. The van der Waals surface area contributed by atoms with Crippen LogP contribution in [0, 0.1) is 13.8 Å². The lowest BCUT2D eigenvalue weighted by molar-refractivity contribution is 0.0936. The predicted octanol–water partition coefficient (Wildman–Crippen LogP) is 4.67. The van der Waals surface area contributed by atoms with E-state index in [0.29, 0.717) is 22.9 Å². The number of hydrogen-bond donors (Lipinski definition) is 2. The Hall–Kier alpha value is -3.16. The maximum atomic E-state index is 12.8. The number of carbonyl (C=O) groups is 1. The average Bonchev–Trinajstić information content (AvgIpc) is 3.29. The number of hydrogen-bond acceptors (Lipinski definition) is 4.